The maximum Gasteiger partial charge on any atom is 0.0110 e. The number of piperidine rings is 1. The minimum absolute atomic E-state index is 0.769. The van der Waals surface area contributed by atoms with Crippen LogP contribution in [0.5, 0.6) is 0 Å². The Morgan fingerprint density at radius 2 is 1.74 bits per heavy atom. The van der Waals surface area contributed by atoms with Crippen molar-refractivity contribution < 1.29 is 0 Å². The highest BCUT2D eigenvalue weighted by Gasteiger charge is 2.32. The first-order chi connectivity index (χ1) is 9.18. The van der Waals surface area contributed by atoms with E-state index in [1.165, 1.54) is 58.0 Å². The maximum absolute atomic E-state index is 3.91. The highest BCUT2D eigenvalue weighted by atomic mass is 15.0. The Balaban J connectivity index is 1.84. The fourth-order valence-corrected chi connectivity index (χ4v) is 3.71. The Bertz CT molecular complexity index is 246. The van der Waals surface area contributed by atoms with Crippen molar-refractivity contribution in [3.8, 4) is 0 Å². The maximum atomic E-state index is 3.91. The molecular weight excluding hydrogens is 232 g/mol. The predicted molar refractivity (Wildman–Crippen MR) is 83.4 cm³/mol. The van der Waals surface area contributed by atoms with Gasteiger partial charge in [-0.1, -0.05) is 40.0 Å². The van der Waals surface area contributed by atoms with Crippen molar-refractivity contribution in [3.05, 3.63) is 0 Å². The summed E-state index contributed by atoms with van der Waals surface area (Å²) in [6.45, 7) is 9.51. The van der Waals surface area contributed by atoms with Gasteiger partial charge in [0, 0.05) is 12.1 Å². The van der Waals surface area contributed by atoms with Gasteiger partial charge in [0.25, 0.3) is 0 Å². The molecule has 0 amide bonds. The second-order valence-electron chi connectivity index (χ2n) is 7.24. The van der Waals surface area contributed by atoms with Crippen LogP contribution in [0.3, 0.4) is 0 Å². The molecule has 0 aromatic heterocycles. The van der Waals surface area contributed by atoms with Gasteiger partial charge in [-0.25, -0.2) is 0 Å². The van der Waals surface area contributed by atoms with Gasteiger partial charge in [0.05, 0.1) is 0 Å². The molecule has 4 atom stereocenters. The third kappa shape index (κ3) is 4.46. The van der Waals surface area contributed by atoms with Crippen molar-refractivity contribution in [1.82, 2.24) is 10.6 Å². The highest BCUT2D eigenvalue weighted by Crippen LogP contribution is 2.30. The molecule has 2 rings (SSSR count). The van der Waals surface area contributed by atoms with E-state index < -0.39 is 0 Å². The van der Waals surface area contributed by atoms with Gasteiger partial charge in [0.15, 0.2) is 0 Å². The molecule has 1 aliphatic heterocycles. The van der Waals surface area contributed by atoms with Crippen LogP contribution >= 0.6 is 0 Å². The van der Waals surface area contributed by atoms with Crippen molar-refractivity contribution in [2.45, 2.75) is 77.8 Å². The van der Waals surface area contributed by atoms with E-state index in [9.17, 15) is 0 Å². The number of hydrogen-bond donors (Lipinski definition) is 2. The number of nitrogens with one attached hydrogen (secondary N) is 2. The minimum Gasteiger partial charge on any atom is -0.314 e. The third-order valence-corrected chi connectivity index (χ3v) is 5.52. The van der Waals surface area contributed by atoms with Crippen molar-refractivity contribution in [2.24, 2.45) is 17.8 Å². The van der Waals surface area contributed by atoms with Crippen LogP contribution in [0.25, 0.3) is 0 Å². The molecule has 19 heavy (non-hydrogen) atoms. The van der Waals surface area contributed by atoms with Gasteiger partial charge in [0.1, 0.15) is 0 Å². The van der Waals surface area contributed by atoms with Gasteiger partial charge in [-0.05, 0) is 56.5 Å². The molecule has 2 N–H and O–H groups in total. The van der Waals surface area contributed by atoms with E-state index in [2.05, 4.69) is 31.4 Å². The molecule has 0 spiro atoms. The molecule has 1 saturated heterocycles. The zero-order valence-electron chi connectivity index (χ0n) is 13.3. The molecule has 2 nitrogen and oxygen atoms in total. The molecular formula is C17H34N2. The summed E-state index contributed by atoms with van der Waals surface area (Å²) in [6, 6.07) is 1.56. The molecule has 0 radical (unpaired) electrons. The van der Waals surface area contributed by atoms with E-state index in [4.69, 9.17) is 0 Å². The summed E-state index contributed by atoms with van der Waals surface area (Å²) in [7, 11) is 0. The molecule has 2 fully saturated rings. The lowest BCUT2D eigenvalue weighted by Gasteiger charge is -2.40. The third-order valence-electron chi connectivity index (χ3n) is 5.52. The van der Waals surface area contributed by atoms with Crippen LogP contribution in [-0.4, -0.2) is 25.2 Å². The van der Waals surface area contributed by atoms with Gasteiger partial charge in [-0.15, -0.1) is 0 Å². The van der Waals surface area contributed by atoms with Gasteiger partial charge in [-0.2, -0.15) is 0 Å². The molecule has 2 heteroatoms. The quantitative estimate of drug-likeness (QED) is 0.795. The minimum atomic E-state index is 0.769. The standard InChI is InChI=1S/C17H34N2/c1-13(2)14(3)12-19-17-9-5-4-8-15(17)16-10-6-7-11-18-16/h13-19H,4-12H2,1-3H3. The summed E-state index contributed by atoms with van der Waals surface area (Å²) in [5, 5.41) is 7.70. The van der Waals surface area contributed by atoms with Crippen LogP contribution in [0.4, 0.5) is 0 Å². The zero-order valence-corrected chi connectivity index (χ0v) is 13.3. The first kappa shape index (κ1) is 15.3. The molecule has 2 aliphatic rings. The molecule has 1 saturated carbocycles. The smallest absolute Gasteiger partial charge is 0.0110 e. The predicted octanol–water partition coefficient (Wildman–Crippen LogP) is 3.57. The summed E-state index contributed by atoms with van der Waals surface area (Å²) in [5.41, 5.74) is 0. The Morgan fingerprint density at radius 3 is 2.42 bits per heavy atom. The van der Waals surface area contributed by atoms with Gasteiger partial charge < -0.3 is 10.6 Å². The van der Waals surface area contributed by atoms with E-state index in [1.54, 1.807) is 0 Å². The largest absolute Gasteiger partial charge is 0.314 e. The molecule has 0 aromatic carbocycles. The molecule has 1 aliphatic carbocycles. The van der Waals surface area contributed by atoms with Crippen LogP contribution in [-0.2, 0) is 0 Å². The lowest BCUT2D eigenvalue weighted by Crippen LogP contribution is -2.51. The average molecular weight is 266 g/mol. The number of rotatable bonds is 5. The Kier molecular flexibility index (Phi) is 6.15. The van der Waals surface area contributed by atoms with Crippen LogP contribution in [0.15, 0.2) is 0 Å². The van der Waals surface area contributed by atoms with Crippen LogP contribution < -0.4 is 10.6 Å². The molecule has 112 valence electrons. The molecule has 1 heterocycles. The first-order valence-electron chi connectivity index (χ1n) is 8.65. The number of hydrogen-bond acceptors (Lipinski definition) is 2. The fraction of sp³-hybridized carbons (Fsp3) is 1.00. The topological polar surface area (TPSA) is 24.1 Å². The second-order valence-corrected chi connectivity index (χ2v) is 7.24. The summed E-state index contributed by atoms with van der Waals surface area (Å²) in [4.78, 5) is 0. The zero-order chi connectivity index (χ0) is 13.7. The van der Waals surface area contributed by atoms with E-state index in [0.29, 0.717) is 0 Å². The first-order valence-corrected chi connectivity index (χ1v) is 8.65. The Labute approximate surface area is 120 Å². The monoisotopic (exact) mass is 266 g/mol. The average Bonchev–Trinajstić information content (AvgIpc) is 2.46. The van der Waals surface area contributed by atoms with E-state index >= 15 is 0 Å². The fourth-order valence-electron chi connectivity index (χ4n) is 3.71. The van der Waals surface area contributed by atoms with Gasteiger partial charge in [0.2, 0.25) is 0 Å². The molecule has 0 bridgehead atoms. The van der Waals surface area contributed by atoms with E-state index in [1.807, 2.05) is 0 Å². The summed E-state index contributed by atoms with van der Waals surface area (Å²) >= 11 is 0. The van der Waals surface area contributed by atoms with E-state index in [-0.39, 0.29) is 0 Å². The SMILES string of the molecule is CC(C)C(C)CNC1CCCCC1C1CCCCN1. The van der Waals surface area contributed by atoms with Crippen molar-refractivity contribution in [1.29, 1.82) is 0 Å². The lowest BCUT2D eigenvalue weighted by molar-refractivity contribution is 0.175. The van der Waals surface area contributed by atoms with Crippen LogP contribution in [0.1, 0.15) is 65.7 Å². The van der Waals surface area contributed by atoms with Crippen molar-refractivity contribution >= 4 is 0 Å². The van der Waals surface area contributed by atoms with Crippen LogP contribution in [0.2, 0.25) is 0 Å². The summed E-state index contributed by atoms with van der Waals surface area (Å²) < 4.78 is 0. The molecule has 0 aromatic rings. The van der Waals surface area contributed by atoms with Crippen LogP contribution in [0, 0.1) is 17.8 Å². The molecule has 4 unspecified atom stereocenters. The van der Waals surface area contributed by atoms with Gasteiger partial charge >= 0.3 is 0 Å². The Morgan fingerprint density at radius 1 is 1.00 bits per heavy atom. The van der Waals surface area contributed by atoms with Crippen molar-refractivity contribution in [2.75, 3.05) is 13.1 Å². The van der Waals surface area contributed by atoms with E-state index in [0.717, 1.165) is 29.8 Å². The second kappa shape index (κ2) is 7.64. The normalized spacial score (nSPS) is 34.4. The van der Waals surface area contributed by atoms with Gasteiger partial charge in [-0.3, -0.25) is 0 Å². The Hall–Kier alpha value is -0.0800. The lowest BCUT2D eigenvalue weighted by atomic mass is 9.77. The highest BCUT2D eigenvalue weighted by molar-refractivity contribution is 4.90. The van der Waals surface area contributed by atoms with Crippen molar-refractivity contribution in [3.63, 3.8) is 0 Å². The summed E-state index contributed by atoms with van der Waals surface area (Å²) in [6.07, 6.45) is 9.92. The summed E-state index contributed by atoms with van der Waals surface area (Å²) in [5.74, 6) is 2.47.